The predicted molar refractivity (Wildman–Crippen MR) is 102 cm³/mol. The van der Waals surface area contributed by atoms with Gasteiger partial charge in [-0.3, -0.25) is 19.4 Å². The summed E-state index contributed by atoms with van der Waals surface area (Å²) in [6.07, 6.45) is 1.96. The first kappa shape index (κ1) is 19.6. The number of hydrogen-bond acceptors (Lipinski definition) is 5. The maximum absolute atomic E-state index is 12.4. The van der Waals surface area contributed by atoms with Crippen molar-refractivity contribution in [2.75, 3.05) is 46.9 Å². The number of aliphatic carboxylic acids is 1. The van der Waals surface area contributed by atoms with E-state index in [1.165, 1.54) is 4.90 Å². The van der Waals surface area contributed by atoms with Crippen molar-refractivity contribution in [2.24, 2.45) is 0 Å². The molecule has 7 nitrogen and oxygen atoms in total. The maximum Gasteiger partial charge on any atom is 0.323 e. The first-order valence-electron chi connectivity index (χ1n) is 9.48. The van der Waals surface area contributed by atoms with Gasteiger partial charge in [-0.05, 0) is 26.0 Å². The molecule has 1 atom stereocenters. The van der Waals surface area contributed by atoms with Gasteiger partial charge in [-0.2, -0.15) is 0 Å². The van der Waals surface area contributed by atoms with E-state index in [1.807, 2.05) is 18.2 Å². The highest BCUT2D eigenvalue weighted by Gasteiger charge is 2.42. The van der Waals surface area contributed by atoms with Crippen LogP contribution in [0.5, 0.6) is 5.75 Å². The molecular weight excluding hydrogens is 346 g/mol. The molecule has 2 aliphatic rings. The van der Waals surface area contributed by atoms with Gasteiger partial charge < -0.3 is 14.7 Å². The van der Waals surface area contributed by atoms with Crippen molar-refractivity contribution in [1.29, 1.82) is 0 Å². The predicted octanol–water partition coefficient (Wildman–Crippen LogP) is 1.28. The Morgan fingerprint density at radius 2 is 2.00 bits per heavy atom. The number of nitrogens with zero attached hydrogens (tertiary/aromatic N) is 3. The zero-order valence-electron chi connectivity index (χ0n) is 16.2. The van der Waals surface area contributed by atoms with Crippen molar-refractivity contribution in [3.05, 3.63) is 29.8 Å². The van der Waals surface area contributed by atoms with Crippen LogP contribution in [0, 0.1) is 0 Å². The lowest BCUT2D eigenvalue weighted by atomic mass is 9.86. The quantitative estimate of drug-likeness (QED) is 0.836. The summed E-state index contributed by atoms with van der Waals surface area (Å²) in [5.41, 5.74) is 1.07. The van der Waals surface area contributed by atoms with Gasteiger partial charge in [0, 0.05) is 50.2 Å². The van der Waals surface area contributed by atoms with E-state index in [4.69, 9.17) is 9.84 Å². The Kier molecular flexibility index (Phi) is 6.01. The normalized spacial score (nSPS) is 24.8. The fourth-order valence-electron chi connectivity index (χ4n) is 4.31. The van der Waals surface area contributed by atoms with Crippen LogP contribution in [0.4, 0.5) is 0 Å². The van der Waals surface area contributed by atoms with Gasteiger partial charge in [-0.1, -0.05) is 18.2 Å². The molecule has 2 saturated heterocycles. The van der Waals surface area contributed by atoms with E-state index in [-0.39, 0.29) is 18.0 Å². The molecule has 0 radical (unpaired) electrons. The number of piperazine rings is 1. The van der Waals surface area contributed by atoms with Crippen LogP contribution in [-0.2, 0) is 16.1 Å². The molecule has 1 aromatic carbocycles. The largest absolute Gasteiger partial charge is 0.496 e. The highest BCUT2D eigenvalue weighted by Crippen LogP contribution is 2.33. The second-order valence-corrected chi connectivity index (χ2v) is 7.63. The Morgan fingerprint density at radius 1 is 1.22 bits per heavy atom. The summed E-state index contributed by atoms with van der Waals surface area (Å²) in [6.45, 7) is 3.87. The van der Waals surface area contributed by atoms with Crippen molar-refractivity contribution < 1.29 is 19.4 Å². The number of hydrogen-bond donors (Lipinski definition) is 1. The Labute approximate surface area is 160 Å². The SMILES string of the molecule is COc1ccccc1CN1CCN(C)C2(CCC(=O)N(CC(=O)O)CC2)C1. The van der Waals surface area contributed by atoms with Gasteiger partial charge in [0.1, 0.15) is 12.3 Å². The summed E-state index contributed by atoms with van der Waals surface area (Å²) in [5, 5.41) is 9.06. The molecule has 0 aromatic heterocycles. The number of carboxylic acids is 1. The van der Waals surface area contributed by atoms with Crippen molar-refractivity contribution in [3.8, 4) is 5.75 Å². The Balaban J connectivity index is 1.72. The molecule has 3 rings (SSSR count). The standard InChI is InChI=1S/C20H29N3O4/c1-21-11-12-22(13-16-5-3-4-6-17(16)27-2)15-20(21)8-7-18(24)23(10-9-20)14-19(25)26/h3-6H,7-15H2,1-2H3,(H,25,26). The average Bonchev–Trinajstić information content (AvgIpc) is 2.80. The highest BCUT2D eigenvalue weighted by atomic mass is 16.5. The molecule has 2 heterocycles. The number of likely N-dealkylation sites (tertiary alicyclic amines) is 1. The lowest BCUT2D eigenvalue weighted by Gasteiger charge is -2.49. The molecule has 2 aliphatic heterocycles. The second kappa shape index (κ2) is 8.27. The fourth-order valence-corrected chi connectivity index (χ4v) is 4.31. The third-order valence-corrected chi connectivity index (χ3v) is 6.00. The van der Waals surface area contributed by atoms with Crippen LogP contribution in [0.15, 0.2) is 24.3 Å². The fraction of sp³-hybridized carbons (Fsp3) is 0.600. The lowest BCUT2D eigenvalue weighted by Crippen LogP contribution is -2.60. The highest BCUT2D eigenvalue weighted by molar-refractivity contribution is 5.81. The molecule has 0 aliphatic carbocycles. The monoisotopic (exact) mass is 375 g/mol. The number of methoxy groups -OCH3 is 1. The van der Waals surface area contributed by atoms with Gasteiger partial charge in [0.15, 0.2) is 0 Å². The Hall–Kier alpha value is -2.12. The van der Waals surface area contributed by atoms with Gasteiger partial charge in [0.2, 0.25) is 5.91 Å². The molecule has 148 valence electrons. The molecule has 1 aromatic rings. The van der Waals surface area contributed by atoms with Crippen LogP contribution in [0.3, 0.4) is 0 Å². The molecular formula is C20H29N3O4. The molecule has 2 fully saturated rings. The van der Waals surface area contributed by atoms with Crippen LogP contribution in [0.2, 0.25) is 0 Å². The summed E-state index contributed by atoms with van der Waals surface area (Å²) in [4.78, 5) is 29.7. The van der Waals surface area contributed by atoms with E-state index in [0.29, 0.717) is 13.0 Å². The summed E-state index contributed by atoms with van der Waals surface area (Å²) < 4.78 is 5.49. The first-order chi connectivity index (χ1) is 12.9. The minimum atomic E-state index is -0.950. The van der Waals surface area contributed by atoms with Gasteiger partial charge in [-0.15, -0.1) is 0 Å². The van der Waals surface area contributed by atoms with E-state index >= 15 is 0 Å². The van der Waals surface area contributed by atoms with E-state index in [0.717, 1.165) is 50.3 Å². The molecule has 27 heavy (non-hydrogen) atoms. The van der Waals surface area contributed by atoms with Crippen LogP contribution >= 0.6 is 0 Å². The van der Waals surface area contributed by atoms with Gasteiger partial charge >= 0.3 is 5.97 Å². The van der Waals surface area contributed by atoms with E-state index in [2.05, 4.69) is 22.9 Å². The summed E-state index contributed by atoms with van der Waals surface area (Å²) in [7, 11) is 3.82. The number of likely N-dealkylation sites (N-methyl/N-ethyl adjacent to an activating group) is 1. The van der Waals surface area contributed by atoms with Crippen LogP contribution in [-0.4, -0.2) is 84.1 Å². The van der Waals surface area contributed by atoms with Crippen molar-refractivity contribution in [1.82, 2.24) is 14.7 Å². The Bertz CT molecular complexity index is 696. The van der Waals surface area contributed by atoms with Crippen LogP contribution in [0.25, 0.3) is 0 Å². The smallest absolute Gasteiger partial charge is 0.323 e. The molecule has 0 saturated carbocycles. The maximum atomic E-state index is 12.4. The third-order valence-electron chi connectivity index (χ3n) is 6.00. The number of para-hydroxylation sites is 1. The second-order valence-electron chi connectivity index (χ2n) is 7.63. The number of amides is 1. The number of carbonyl (C=O) groups excluding carboxylic acids is 1. The topological polar surface area (TPSA) is 73.3 Å². The van der Waals surface area contributed by atoms with Crippen LogP contribution < -0.4 is 4.74 Å². The zero-order chi connectivity index (χ0) is 19.4. The summed E-state index contributed by atoms with van der Waals surface area (Å²) in [6, 6.07) is 8.07. The number of rotatable bonds is 5. The summed E-state index contributed by atoms with van der Waals surface area (Å²) >= 11 is 0. The average molecular weight is 375 g/mol. The van der Waals surface area contributed by atoms with E-state index < -0.39 is 5.97 Å². The number of carbonyl (C=O) groups is 2. The molecule has 7 heteroatoms. The number of carboxylic acid groups (broad SMARTS) is 1. The van der Waals surface area contributed by atoms with E-state index in [9.17, 15) is 9.59 Å². The minimum absolute atomic E-state index is 0.0514. The molecule has 0 bridgehead atoms. The van der Waals surface area contributed by atoms with Crippen molar-refractivity contribution in [3.63, 3.8) is 0 Å². The van der Waals surface area contributed by atoms with Gasteiger partial charge in [0.05, 0.1) is 7.11 Å². The molecule has 1 N–H and O–H groups in total. The van der Waals surface area contributed by atoms with Crippen LogP contribution in [0.1, 0.15) is 24.8 Å². The zero-order valence-corrected chi connectivity index (χ0v) is 16.2. The van der Waals surface area contributed by atoms with Crippen molar-refractivity contribution in [2.45, 2.75) is 31.3 Å². The van der Waals surface area contributed by atoms with Gasteiger partial charge in [-0.25, -0.2) is 0 Å². The molecule has 1 spiro atoms. The molecule has 1 unspecified atom stereocenters. The lowest BCUT2D eigenvalue weighted by molar-refractivity contribution is -0.144. The first-order valence-corrected chi connectivity index (χ1v) is 9.48. The van der Waals surface area contributed by atoms with E-state index in [1.54, 1.807) is 7.11 Å². The number of benzene rings is 1. The Morgan fingerprint density at radius 3 is 2.74 bits per heavy atom. The van der Waals surface area contributed by atoms with Gasteiger partial charge in [0.25, 0.3) is 0 Å². The van der Waals surface area contributed by atoms with Crippen molar-refractivity contribution >= 4 is 11.9 Å². The molecule has 1 amide bonds. The number of ether oxygens (including phenoxy) is 1. The minimum Gasteiger partial charge on any atom is -0.496 e. The third kappa shape index (κ3) is 4.42. The summed E-state index contributed by atoms with van der Waals surface area (Å²) in [5.74, 6) is -0.104.